The number of rotatable bonds is 6. The van der Waals surface area contributed by atoms with Crippen molar-refractivity contribution in [3.63, 3.8) is 0 Å². The predicted octanol–water partition coefficient (Wildman–Crippen LogP) is 3.05. The van der Waals surface area contributed by atoms with Crippen molar-refractivity contribution in [1.29, 1.82) is 0 Å². The van der Waals surface area contributed by atoms with E-state index in [1.165, 1.54) is 4.57 Å². The molecule has 6 heteroatoms. The molecule has 0 aliphatic heterocycles. The largest absolute Gasteiger partial charge is 0.492 e. The molecule has 0 atom stereocenters. The van der Waals surface area contributed by atoms with Gasteiger partial charge in [-0.1, -0.05) is 24.3 Å². The number of anilines is 1. The fraction of sp³-hybridized carbons (Fsp3) is 0.263. The van der Waals surface area contributed by atoms with Crippen LogP contribution in [-0.2, 0) is 11.3 Å². The number of likely N-dealkylation sites (N-methyl/N-ethyl adjacent to an activating group) is 1. The van der Waals surface area contributed by atoms with Crippen molar-refractivity contribution in [2.45, 2.75) is 20.4 Å². The van der Waals surface area contributed by atoms with Gasteiger partial charge in [0.15, 0.2) is 5.58 Å². The third-order valence-electron chi connectivity index (χ3n) is 3.94. The Labute approximate surface area is 145 Å². The highest BCUT2D eigenvalue weighted by Crippen LogP contribution is 2.28. The summed E-state index contributed by atoms with van der Waals surface area (Å²) < 4.78 is 12.2. The molecule has 130 valence electrons. The van der Waals surface area contributed by atoms with Crippen molar-refractivity contribution in [2.75, 3.05) is 18.1 Å². The molecule has 0 fully saturated rings. The van der Waals surface area contributed by atoms with Crippen molar-refractivity contribution >= 4 is 22.7 Å². The van der Waals surface area contributed by atoms with Gasteiger partial charge in [-0.05, 0) is 38.1 Å². The molecule has 3 aromatic rings. The van der Waals surface area contributed by atoms with Crippen LogP contribution in [0.1, 0.15) is 13.8 Å². The van der Waals surface area contributed by atoms with Gasteiger partial charge in [0, 0.05) is 6.54 Å². The molecule has 0 aliphatic rings. The molecule has 3 rings (SSSR count). The van der Waals surface area contributed by atoms with Gasteiger partial charge in [-0.2, -0.15) is 0 Å². The molecule has 1 heterocycles. The summed E-state index contributed by atoms with van der Waals surface area (Å²) in [4.78, 5) is 26.6. The zero-order chi connectivity index (χ0) is 17.8. The number of para-hydroxylation sites is 4. The minimum Gasteiger partial charge on any atom is -0.492 e. The van der Waals surface area contributed by atoms with E-state index in [9.17, 15) is 9.59 Å². The van der Waals surface area contributed by atoms with Crippen LogP contribution < -0.4 is 15.4 Å². The summed E-state index contributed by atoms with van der Waals surface area (Å²) in [6, 6.07) is 14.4. The molecule has 0 spiro atoms. The van der Waals surface area contributed by atoms with Crippen molar-refractivity contribution in [2.24, 2.45) is 0 Å². The molecule has 25 heavy (non-hydrogen) atoms. The van der Waals surface area contributed by atoms with Crippen LogP contribution in [-0.4, -0.2) is 23.6 Å². The van der Waals surface area contributed by atoms with Crippen molar-refractivity contribution < 1.29 is 13.9 Å². The predicted molar refractivity (Wildman–Crippen MR) is 96.1 cm³/mol. The zero-order valence-electron chi connectivity index (χ0n) is 14.3. The Morgan fingerprint density at radius 3 is 2.60 bits per heavy atom. The summed E-state index contributed by atoms with van der Waals surface area (Å²) in [5.41, 5.74) is 1.77. The maximum absolute atomic E-state index is 12.9. The van der Waals surface area contributed by atoms with Crippen molar-refractivity contribution in [3.8, 4) is 5.75 Å². The van der Waals surface area contributed by atoms with Crippen LogP contribution in [0.25, 0.3) is 11.1 Å². The molecule has 6 nitrogen and oxygen atoms in total. The number of oxazole rings is 1. The Hall–Kier alpha value is -3.02. The second kappa shape index (κ2) is 7.25. The van der Waals surface area contributed by atoms with Crippen LogP contribution in [0.15, 0.2) is 57.7 Å². The van der Waals surface area contributed by atoms with Crippen molar-refractivity contribution in [1.82, 2.24) is 4.57 Å². The minimum atomic E-state index is -0.538. The molecular formula is C19H20N2O4. The number of carbonyl (C=O) groups excluding carboxylic acids is 1. The second-order valence-electron chi connectivity index (χ2n) is 5.46. The smallest absolute Gasteiger partial charge is 0.420 e. The van der Waals surface area contributed by atoms with Gasteiger partial charge >= 0.3 is 5.76 Å². The van der Waals surface area contributed by atoms with Gasteiger partial charge < -0.3 is 14.1 Å². The van der Waals surface area contributed by atoms with E-state index >= 15 is 0 Å². The van der Waals surface area contributed by atoms with E-state index in [0.717, 1.165) is 0 Å². The number of nitrogens with zero attached hydrogens (tertiary/aromatic N) is 2. The lowest BCUT2D eigenvalue weighted by Crippen LogP contribution is -2.35. The summed E-state index contributed by atoms with van der Waals surface area (Å²) in [6.45, 7) is 4.66. The van der Waals surface area contributed by atoms with E-state index in [1.54, 1.807) is 29.2 Å². The highest BCUT2D eigenvalue weighted by Gasteiger charge is 2.20. The fourth-order valence-corrected chi connectivity index (χ4v) is 2.82. The summed E-state index contributed by atoms with van der Waals surface area (Å²) in [5.74, 6) is -0.100. The van der Waals surface area contributed by atoms with Gasteiger partial charge in [0.25, 0.3) is 0 Å². The standard InChI is InChI=1S/C19H20N2O4/c1-3-20(14-9-5-7-11-16(14)24-4-2)18(22)13-21-15-10-6-8-12-17(15)25-19(21)23/h5-12H,3-4,13H2,1-2H3. The summed E-state index contributed by atoms with van der Waals surface area (Å²) in [5, 5.41) is 0. The first-order chi connectivity index (χ1) is 12.2. The number of fused-ring (bicyclic) bond motifs is 1. The Balaban J connectivity index is 1.93. The van der Waals surface area contributed by atoms with Crippen molar-refractivity contribution in [3.05, 3.63) is 59.1 Å². The van der Waals surface area contributed by atoms with Crippen LogP contribution in [0.4, 0.5) is 5.69 Å². The van der Waals surface area contributed by atoms with Gasteiger partial charge in [-0.15, -0.1) is 0 Å². The zero-order valence-corrected chi connectivity index (χ0v) is 14.3. The van der Waals surface area contributed by atoms with E-state index in [-0.39, 0.29) is 12.5 Å². The molecule has 0 aliphatic carbocycles. The summed E-state index contributed by atoms with van der Waals surface area (Å²) in [7, 11) is 0. The molecule has 0 bridgehead atoms. The lowest BCUT2D eigenvalue weighted by molar-refractivity contribution is -0.119. The lowest BCUT2D eigenvalue weighted by atomic mass is 10.2. The van der Waals surface area contributed by atoms with Crippen LogP contribution >= 0.6 is 0 Å². The topological polar surface area (TPSA) is 64.7 Å². The molecule has 2 aromatic carbocycles. The molecule has 0 unspecified atom stereocenters. The highest BCUT2D eigenvalue weighted by molar-refractivity contribution is 5.95. The normalized spacial score (nSPS) is 10.8. The molecular weight excluding hydrogens is 320 g/mol. The van der Waals surface area contributed by atoms with Gasteiger partial charge in [0.05, 0.1) is 17.8 Å². The monoisotopic (exact) mass is 340 g/mol. The molecule has 1 amide bonds. The molecule has 0 radical (unpaired) electrons. The summed E-state index contributed by atoms with van der Waals surface area (Å²) in [6.07, 6.45) is 0. The van der Waals surface area contributed by atoms with Crippen LogP contribution in [0.5, 0.6) is 5.75 Å². The Kier molecular flexibility index (Phi) is 4.88. The van der Waals surface area contributed by atoms with Gasteiger partial charge in [-0.3, -0.25) is 9.36 Å². The summed E-state index contributed by atoms with van der Waals surface area (Å²) >= 11 is 0. The first-order valence-corrected chi connectivity index (χ1v) is 8.26. The lowest BCUT2D eigenvalue weighted by Gasteiger charge is -2.23. The number of ether oxygens (including phenoxy) is 1. The highest BCUT2D eigenvalue weighted by atomic mass is 16.5. The number of aromatic nitrogens is 1. The first-order valence-electron chi connectivity index (χ1n) is 8.26. The van der Waals surface area contributed by atoms with E-state index in [4.69, 9.17) is 9.15 Å². The Morgan fingerprint density at radius 1 is 1.12 bits per heavy atom. The second-order valence-corrected chi connectivity index (χ2v) is 5.46. The first kappa shape index (κ1) is 16.8. The molecule has 0 N–H and O–H groups in total. The maximum atomic E-state index is 12.9. The fourth-order valence-electron chi connectivity index (χ4n) is 2.82. The van der Waals surface area contributed by atoms with E-state index in [0.29, 0.717) is 35.7 Å². The quantitative estimate of drug-likeness (QED) is 0.692. The van der Waals surface area contributed by atoms with Crippen LogP contribution in [0, 0.1) is 0 Å². The average Bonchev–Trinajstić information content (AvgIpc) is 2.93. The Bertz CT molecular complexity index is 942. The number of hydrogen-bond acceptors (Lipinski definition) is 4. The van der Waals surface area contributed by atoms with Crippen LogP contribution in [0.2, 0.25) is 0 Å². The van der Waals surface area contributed by atoms with E-state index in [2.05, 4.69) is 0 Å². The van der Waals surface area contributed by atoms with E-state index in [1.807, 2.05) is 38.1 Å². The van der Waals surface area contributed by atoms with Gasteiger partial charge in [0.1, 0.15) is 12.3 Å². The average molecular weight is 340 g/mol. The minimum absolute atomic E-state index is 0.0931. The number of amides is 1. The number of carbonyl (C=O) groups is 1. The molecule has 1 aromatic heterocycles. The third-order valence-corrected chi connectivity index (χ3v) is 3.94. The molecule has 0 saturated carbocycles. The molecule has 0 saturated heterocycles. The Morgan fingerprint density at radius 2 is 1.84 bits per heavy atom. The van der Waals surface area contributed by atoms with Gasteiger partial charge in [-0.25, -0.2) is 4.79 Å². The van der Waals surface area contributed by atoms with E-state index < -0.39 is 5.76 Å². The maximum Gasteiger partial charge on any atom is 0.420 e. The number of hydrogen-bond donors (Lipinski definition) is 0. The number of benzene rings is 2. The van der Waals surface area contributed by atoms with Gasteiger partial charge in [0.2, 0.25) is 5.91 Å². The SMILES string of the molecule is CCOc1ccccc1N(CC)C(=O)Cn1c(=O)oc2ccccc21. The van der Waals surface area contributed by atoms with Crippen LogP contribution in [0.3, 0.4) is 0 Å². The third kappa shape index (κ3) is 3.28.